The number of hydrogen-bond acceptors (Lipinski definition) is 7. The van der Waals surface area contributed by atoms with Gasteiger partial charge >= 0.3 is 5.97 Å². The number of nitro groups is 1. The standard InChI is InChI=1S/C18H17N5O5/c1-3-28-18(25)14-9-12(10-20-14)21-13-5-4-11(8-15(13)23(26)27)16(24)17-19-6-7-22(17)2/h4-10,20-21H,3H2,1-2H3. The monoisotopic (exact) mass is 383 g/mol. The van der Waals surface area contributed by atoms with Crippen molar-refractivity contribution in [3.8, 4) is 0 Å². The zero-order valence-electron chi connectivity index (χ0n) is 15.1. The van der Waals surface area contributed by atoms with Gasteiger partial charge in [-0.05, 0) is 25.1 Å². The van der Waals surface area contributed by atoms with E-state index in [1.165, 1.54) is 41.2 Å². The number of nitro benzene ring substituents is 1. The van der Waals surface area contributed by atoms with Crippen molar-refractivity contribution in [2.24, 2.45) is 7.05 Å². The van der Waals surface area contributed by atoms with Crippen LogP contribution in [0, 0.1) is 10.1 Å². The molecule has 1 aromatic carbocycles. The van der Waals surface area contributed by atoms with Crippen molar-refractivity contribution in [1.29, 1.82) is 0 Å². The highest BCUT2D eigenvalue weighted by Crippen LogP contribution is 2.29. The molecular formula is C18H17N5O5. The molecule has 0 aliphatic heterocycles. The first-order valence-electron chi connectivity index (χ1n) is 8.33. The number of ketones is 1. The smallest absolute Gasteiger partial charge is 0.354 e. The van der Waals surface area contributed by atoms with Crippen LogP contribution in [0.3, 0.4) is 0 Å². The summed E-state index contributed by atoms with van der Waals surface area (Å²) in [4.78, 5) is 41.9. The van der Waals surface area contributed by atoms with E-state index in [2.05, 4.69) is 15.3 Å². The Kier molecular flexibility index (Phi) is 5.21. The van der Waals surface area contributed by atoms with Gasteiger partial charge in [-0.25, -0.2) is 9.78 Å². The van der Waals surface area contributed by atoms with Crippen LogP contribution >= 0.6 is 0 Å². The second-order valence-corrected chi connectivity index (χ2v) is 5.83. The van der Waals surface area contributed by atoms with E-state index in [0.29, 0.717) is 5.69 Å². The maximum absolute atomic E-state index is 12.5. The average Bonchev–Trinajstić information content (AvgIpc) is 3.30. The van der Waals surface area contributed by atoms with Crippen LogP contribution in [-0.2, 0) is 11.8 Å². The molecule has 2 aromatic heterocycles. The summed E-state index contributed by atoms with van der Waals surface area (Å²) in [7, 11) is 1.66. The highest BCUT2D eigenvalue weighted by atomic mass is 16.6. The molecule has 2 heterocycles. The van der Waals surface area contributed by atoms with E-state index in [4.69, 9.17) is 4.74 Å². The number of benzene rings is 1. The predicted octanol–water partition coefficient (Wildman–Crippen LogP) is 2.81. The number of hydrogen-bond donors (Lipinski definition) is 2. The number of nitrogens with zero attached hydrogens (tertiary/aromatic N) is 3. The molecule has 10 heteroatoms. The van der Waals surface area contributed by atoms with Gasteiger partial charge in [0.25, 0.3) is 5.69 Å². The lowest BCUT2D eigenvalue weighted by atomic mass is 10.1. The number of ether oxygens (including phenoxy) is 1. The number of nitrogens with one attached hydrogen (secondary N) is 2. The lowest BCUT2D eigenvalue weighted by Crippen LogP contribution is -2.09. The third-order valence-electron chi connectivity index (χ3n) is 3.94. The molecule has 0 radical (unpaired) electrons. The van der Waals surface area contributed by atoms with E-state index in [1.54, 1.807) is 20.2 Å². The lowest BCUT2D eigenvalue weighted by molar-refractivity contribution is -0.383. The number of esters is 1. The topological polar surface area (TPSA) is 132 Å². The van der Waals surface area contributed by atoms with E-state index in [9.17, 15) is 19.7 Å². The van der Waals surface area contributed by atoms with Crippen LogP contribution in [0.25, 0.3) is 0 Å². The first-order chi connectivity index (χ1) is 13.4. The zero-order valence-corrected chi connectivity index (χ0v) is 15.1. The third-order valence-corrected chi connectivity index (χ3v) is 3.94. The van der Waals surface area contributed by atoms with Gasteiger partial charge in [0, 0.05) is 37.3 Å². The largest absolute Gasteiger partial charge is 0.461 e. The van der Waals surface area contributed by atoms with Crippen molar-refractivity contribution in [2.45, 2.75) is 6.92 Å². The Hall–Kier alpha value is -3.95. The highest BCUT2D eigenvalue weighted by molar-refractivity contribution is 6.07. The number of aryl methyl sites for hydroxylation is 1. The first kappa shape index (κ1) is 18.8. The van der Waals surface area contributed by atoms with Gasteiger partial charge in [-0.3, -0.25) is 14.9 Å². The van der Waals surface area contributed by atoms with Crippen LogP contribution < -0.4 is 5.32 Å². The van der Waals surface area contributed by atoms with Crippen LogP contribution in [0.4, 0.5) is 17.1 Å². The van der Waals surface area contributed by atoms with Crippen molar-refractivity contribution in [3.05, 3.63) is 70.1 Å². The van der Waals surface area contributed by atoms with Gasteiger partial charge in [0.2, 0.25) is 5.78 Å². The average molecular weight is 383 g/mol. The van der Waals surface area contributed by atoms with Gasteiger partial charge in [0.05, 0.1) is 17.2 Å². The molecule has 3 aromatic rings. The van der Waals surface area contributed by atoms with Crippen LogP contribution in [0.5, 0.6) is 0 Å². The Balaban J connectivity index is 1.88. The molecule has 144 valence electrons. The SMILES string of the molecule is CCOC(=O)c1cc(Nc2ccc(C(=O)c3nccn3C)cc2[N+](=O)[O-])c[nH]1. The van der Waals surface area contributed by atoms with Gasteiger partial charge in [0.1, 0.15) is 11.4 Å². The Labute approximate surface area is 159 Å². The number of anilines is 2. The van der Waals surface area contributed by atoms with E-state index in [0.717, 1.165) is 0 Å². The minimum atomic E-state index is -0.587. The maximum atomic E-state index is 12.5. The quantitative estimate of drug-likeness (QED) is 0.277. The van der Waals surface area contributed by atoms with E-state index < -0.39 is 16.7 Å². The van der Waals surface area contributed by atoms with E-state index >= 15 is 0 Å². The molecule has 2 N–H and O–H groups in total. The molecule has 3 rings (SSSR count). The van der Waals surface area contributed by atoms with Crippen molar-refractivity contribution in [3.63, 3.8) is 0 Å². The van der Waals surface area contributed by atoms with Gasteiger partial charge in [-0.15, -0.1) is 0 Å². The van der Waals surface area contributed by atoms with Gasteiger partial charge in [-0.1, -0.05) is 0 Å². The molecule has 0 saturated carbocycles. The first-order valence-corrected chi connectivity index (χ1v) is 8.33. The molecular weight excluding hydrogens is 366 g/mol. The minimum Gasteiger partial charge on any atom is -0.461 e. The maximum Gasteiger partial charge on any atom is 0.354 e. The Morgan fingerprint density at radius 1 is 1.36 bits per heavy atom. The van der Waals surface area contributed by atoms with Gasteiger partial charge in [0.15, 0.2) is 5.82 Å². The zero-order chi connectivity index (χ0) is 20.3. The third kappa shape index (κ3) is 3.75. The summed E-state index contributed by atoms with van der Waals surface area (Å²) in [6, 6.07) is 5.59. The summed E-state index contributed by atoms with van der Waals surface area (Å²) in [6.07, 6.45) is 4.58. The number of imidazole rings is 1. The Morgan fingerprint density at radius 2 is 2.14 bits per heavy atom. The number of aromatic amines is 1. The molecule has 0 amide bonds. The normalized spacial score (nSPS) is 10.5. The van der Waals surface area contributed by atoms with Crippen molar-refractivity contribution < 1.29 is 19.2 Å². The van der Waals surface area contributed by atoms with Crippen molar-refractivity contribution in [2.75, 3.05) is 11.9 Å². The van der Waals surface area contributed by atoms with E-state index in [-0.39, 0.29) is 35.1 Å². The molecule has 10 nitrogen and oxygen atoms in total. The molecule has 0 aliphatic carbocycles. The number of aromatic nitrogens is 3. The van der Waals surface area contributed by atoms with Crippen LogP contribution in [0.15, 0.2) is 42.9 Å². The molecule has 0 bridgehead atoms. The number of carbonyl (C=O) groups excluding carboxylic acids is 2. The highest BCUT2D eigenvalue weighted by Gasteiger charge is 2.21. The fraction of sp³-hybridized carbons (Fsp3) is 0.167. The van der Waals surface area contributed by atoms with Gasteiger partial charge < -0.3 is 19.6 Å². The molecule has 0 saturated heterocycles. The second kappa shape index (κ2) is 7.74. The predicted molar refractivity (Wildman–Crippen MR) is 99.8 cm³/mol. The van der Waals surface area contributed by atoms with Crippen LogP contribution in [-0.4, -0.2) is 37.8 Å². The number of H-pyrrole nitrogens is 1. The molecule has 0 unspecified atom stereocenters. The second-order valence-electron chi connectivity index (χ2n) is 5.83. The molecule has 0 spiro atoms. The molecule has 0 fully saturated rings. The van der Waals surface area contributed by atoms with Crippen molar-refractivity contribution >= 4 is 28.8 Å². The summed E-state index contributed by atoms with van der Waals surface area (Å²) in [5.74, 6) is -0.769. The molecule has 0 atom stereocenters. The van der Waals surface area contributed by atoms with Gasteiger partial charge in [-0.2, -0.15) is 0 Å². The summed E-state index contributed by atoms with van der Waals surface area (Å²) in [5, 5.41) is 14.4. The summed E-state index contributed by atoms with van der Waals surface area (Å²) in [6.45, 7) is 1.93. The van der Waals surface area contributed by atoms with E-state index in [1.807, 2.05) is 0 Å². The summed E-state index contributed by atoms with van der Waals surface area (Å²) >= 11 is 0. The van der Waals surface area contributed by atoms with Crippen molar-refractivity contribution in [1.82, 2.24) is 14.5 Å². The lowest BCUT2D eigenvalue weighted by Gasteiger charge is -2.07. The molecule has 0 aliphatic rings. The number of carbonyl (C=O) groups is 2. The van der Waals surface area contributed by atoms with Crippen LogP contribution in [0.2, 0.25) is 0 Å². The number of rotatable bonds is 7. The summed E-state index contributed by atoms with van der Waals surface area (Å²) in [5.41, 5.74) is 0.700. The Bertz CT molecular complexity index is 1050. The Morgan fingerprint density at radius 3 is 2.79 bits per heavy atom. The minimum absolute atomic E-state index is 0.146. The van der Waals surface area contributed by atoms with Crippen LogP contribution in [0.1, 0.15) is 33.6 Å². The fourth-order valence-corrected chi connectivity index (χ4v) is 2.59. The fourth-order valence-electron chi connectivity index (χ4n) is 2.59. The summed E-state index contributed by atoms with van der Waals surface area (Å²) < 4.78 is 6.43. The molecule has 28 heavy (non-hydrogen) atoms.